The molecule has 0 fully saturated rings. The molecule has 2 aromatic heterocycles. The molecular weight excluding hydrogens is 460 g/mol. The molecule has 0 saturated heterocycles. The Hall–Kier alpha value is -2.74. The largest absolute Gasteiger partial charge is 0.205 e. The van der Waals surface area contributed by atoms with Crippen LogP contribution in [0.5, 0.6) is 0 Å². The van der Waals surface area contributed by atoms with Gasteiger partial charge in [0.25, 0.3) is 0 Å². The van der Waals surface area contributed by atoms with E-state index in [0.29, 0.717) is 0 Å². The lowest BCUT2D eigenvalue weighted by Crippen LogP contribution is -2.33. The zero-order chi connectivity index (χ0) is 26.1. The average Bonchev–Trinajstić information content (AvgIpc) is 3.67. The molecule has 0 spiro atoms. The Morgan fingerprint density at radius 1 is 0.447 bits per heavy atom. The second kappa shape index (κ2) is 17.0. The second-order valence-corrected chi connectivity index (χ2v) is 11.3. The maximum Gasteiger partial charge on any atom is 0.169 e. The molecule has 2 nitrogen and oxygen atoms in total. The van der Waals surface area contributed by atoms with Gasteiger partial charge in [0.15, 0.2) is 24.8 Å². The first-order chi connectivity index (χ1) is 18.9. The summed E-state index contributed by atoms with van der Waals surface area (Å²) in [5.41, 5.74) is 5.87. The van der Waals surface area contributed by atoms with Crippen molar-refractivity contribution >= 4 is 0 Å². The van der Waals surface area contributed by atoms with Crippen LogP contribution >= 0.6 is 0 Å². The van der Waals surface area contributed by atoms with E-state index in [0.717, 1.165) is 13.1 Å². The van der Waals surface area contributed by atoms with Gasteiger partial charge in [0.2, 0.25) is 0 Å². The van der Waals surface area contributed by atoms with E-state index in [9.17, 15) is 0 Å². The number of hydrogen-bond acceptors (Lipinski definition) is 0. The summed E-state index contributed by atoms with van der Waals surface area (Å²) in [6.07, 6.45) is 43.8. The van der Waals surface area contributed by atoms with Crippen LogP contribution in [0.1, 0.15) is 103 Å². The number of rotatable bonds is 19. The highest BCUT2D eigenvalue weighted by molar-refractivity contribution is 5.60. The Balaban J connectivity index is 1.02. The summed E-state index contributed by atoms with van der Waals surface area (Å²) < 4.78 is 4.69. The number of hydrogen-bond donors (Lipinski definition) is 0. The summed E-state index contributed by atoms with van der Waals surface area (Å²) in [4.78, 5) is 0. The van der Waals surface area contributed by atoms with E-state index in [2.05, 4.69) is 94.6 Å². The van der Waals surface area contributed by atoms with Gasteiger partial charge in [-0.05, 0) is 62.5 Å². The molecule has 0 radical (unpaired) electrons. The first-order valence-corrected chi connectivity index (χ1v) is 15.5. The molecule has 2 heterocycles. The topological polar surface area (TPSA) is 7.76 Å². The van der Waals surface area contributed by atoms with E-state index in [1.54, 1.807) is 11.1 Å². The molecule has 4 rings (SSSR count). The van der Waals surface area contributed by atoms with Gasteiger partial charge in [0.05, 0.1) is 0 Å². The van der Waals surface area contributed by atoms with Crippen molar-refractivity contribution in [2.24, 2.45) is 0 Å². The van der Waals surface area contributed by atoms with Crippen molar-refractivity contribution < 1.29 is 9.13 Å². The number of unbranched alkanes of at least 4 members (excludes halogenated alkanes) is 10. The zero-order valence-corrected chi connectivity index (χ0v) is 23.7. The Kier molecular flexibility index (Phi) is 12.6. The van der Waals surface area contributed by atoms with E-state index in [1.807, 2.05) is 0 Å². The van der Waals surface area contributed by atoms with Gasteiger partial charge in [-0.1, -0.05) is 86.1 Å². The fraction of sp³-hybridized carbons (Fsp3) is 0.500. The van der Waals surface area contributed by atoms with Gasteiger partial charge in [0, 0.05) is 37.1 Å². The zero-order valence-electron chi connectivity index (χ0n) is 23.7. The van der Waals surface area contributed by atoms with Crippen LogP contribution in [0.15, 0.2) is 96.7 Å². The van der Waals surface area contributed by atoms with Crippen LogP contribution in [0.25, 0.3) is 11.1 Å². The van der Waals surface area contributed by atoms with E-state index >= 15 is 0 Å². The van der Waals surface area contributed by atoms with Gasteiger partial charge in [-0.3, -0.25) is 0 Å². The van der Waals surface area contributed by atoms with Gasteiger partial charge in [-0.2, -0.15) is 0 Å². The second-order valence-electron chi connectivity index (χ2n) is 11.3. The summed E-state index contributed by atoms with van der Waals surface area (Å²) in [6.45, 7) is 2.26. The average molecular weight is 511 g/mol. The Labute approximate surface area is 232 Å². The highest BCUT2D eigenvalue weighted by atomic mass is 14.9. The van der Waals surface area contributed by atoms with Crippen LogP contribution in [-0.2, 0) is 13.1 Å². The van der Waals surface area contributed by atoms with Crippen molar-refractivity contribution in [2.75, 3.05) is 0 Å². The molecule has 2 aliphatic carbocycles. The molecule has 0 aromatic carbocycles. The van der Waals surface area contributed by atoms with Crippen molar-refractivity contribution in [2.45, 2.75) is 116 Å². The summed E-state index contributed by atoms with van der Waals surface area (Å²) in [6, 6.07) is 9.08. The van der Waals surface area contributed by atoms with Crippen LogP contribution in [0.2, 0.25) is 0 Å². The van der Waals surface area contributed by atoms with Crippen LogP contribution in [-0.4, -0.2) is 0 Å². The van der Waals surface area contributed by atoms with Crippen LogP contribution in [0, 0.1) is 0 Å². The molecule has 0 atom stereocenters. The Bertz CT molecular complexity index is 966. The monoisotopic (exact) mass is 510 g/mol. The van der Waals surface area contributed by atoms with Gasteiger partial charge in [-0.25, -0.2) is 9.13 Å². The molecule has 2 aliphatic rings. The minimum atomic E-state index is 1.13. The molecule has 2 heteroatoms. The lowest BCUT2D eigenvalue weighted by atomic mass is 10.0. The van der Waals surface area contributed by atoms with Gasteiger partial charge < -0.3 is 0 Å². The Morgan fingerprint density at radius 3 is 1.18 bits per heavy atom. The van der Waals surface area contributed by atoms with Crippen LogP contribution < -0.4 is 9.13 Å². The maximum atomic E-state index is 2.34. The number of allylic oxidation sites excluding steroid dienone is 8. The minimum Gasteiger partial charge on any atom is -0.205 e. The van der Waals surface area contributed by atoms with Crippen molar-refractivity contribution in [3.63, 3.8) is 0 Å². The van der Waals surface area contributed by atoms with Crippen molar-refractivity contribution in [1.82, 2.24) is 0 Å². The quantitative estimate of drug-likeness (QED) is 0.131. The molecule has 0 unspecified atom stereocenters. The smallest absolute Gasteiger partial charge is 0.169 e. The first kappa shape index (κ1) is 28.3. The third-order valence-electron chi connectivity index (χ3n) is 8.14. The lowest BCUT2D eigenvalue weighted by molar-refractivity contribution is -0.697. The van der Waals surface area contributed by atoms with Gasteiger partial charge in [-0.15, -0.1) is 0 Å². The third-order valence-corrected chi connectivity index (χ3v) is 8.14. The fourth-order valence-corrected chi connectivity index (χ4v) is 5.66. The fourth-order valence-electron chi connectivity index (χ4n) is 5.66. The SMILES string of the molecule is C1=CCC(CCCCCCCC[n+]2ccc(-c3cc[n+](CCCCCCCCC4=CC=CC4)cc3)cc2)=C1. The molecule has 0 saturated carbocycles. The number of aryl methyl sites for hydroxylation is 2. The molecule has 0 bridgehead atoms. The van der Waals surface area contributed by atoms with Crippen LogP contribution in [0.3, 0.4) is 0 Å². The molecular formula is C36H50N2+2. The predicted octanol–water partition coefficient (Wildman–Crippen LogP) is 9.16. The van der Waals surface area contributed by atoms with E-state index in [1.165, 1.54) is 114 Å². The minimum absolute atomic E-state index is 1.13. The normalized spacial score (nSPS) is 14.3. The molecule has 38 heavy (non-hydrogen) atoms. The van der Waals surface area contributed by atoms with Gasteiger partial charge in [0.1, 0.15) is 13.1 Å². The predicted molar refractivity (Wildman–Crippen MR) is 161 cm³/mol. The highest BCUT2D eigenvalue weighted by Crippen LogP contribution is 2.20. The van der Waals surface area contributed by atoms with Gasteiger partial charge >= 0.3 is 0 Å². The Morgan fingerprint density at radius 2 is 0.816 bits per heavy atom. The molecule has 0 N–H and O–H groups in total. The van der Waals surface area contributed by atoms with Crippen molar-refractivity contribution in [3.8, 4) is 11.1 Å². The number of pyridine rings is 2. The first-order valence-electron chi connectivity index (χ1n) is 15.5. The lowest BCUT2D eigenvalue weighted by Gasteiger charge is -2.04. The summed E-state index contributed by atoms with van der Waals surface area (Å²) in [7, 11) is 0. The maximum absolute atomic E-state index is 2.34. The summed E-state index contributed by atoms with van der Waals surface area (Å²) in [5, 5.41) is 0. The van der Waals surface area contributed by atoms with Crippen molar-refractivity contribution in [3.05, 3.63) is 96.7 Å². The molecule has 202 valence electrons. The highest BCUT2D eigenvalue weighted by Gasteiger charge is 2.07. The van der Waals surface area contributed by atoms with E-state index < -0.39 is 0 Å². The number of nitrogens with zero attached hydrogens (tertiary/aromatic N) is 2. The van der Waals surface area contributed by atoms with Crippen molar-refractivity contribution in [1.29, 1.82) is 0 Å². The molecule has 2 aromatic rings. The summed E-state index contributed by atoms with van der Waals surface area (Å²) in [5.74, 6) is 0. The molecule has 0 amide bonds. The molecule has 0 aliphatic heterocycles. The number of aromatic nitrogens is 2. The van der Waals surface area contributed by atoms with E-state index in [4.69, 9.17) is 0 Å². The standard InChI is InChI=1S/C36H50N2/c1(5-9-17-33-19-11-12-20-33)3-7-15-27-37-29-23-35(24-30-37)36-25-31-38(32-26-36)28-16-8-4-2-6-10-18-34-21-13-14-22-34/h11-14,19,21,23-26,29-32H,1-10,15-18,20,22,27-28H2/q+2. The summed E-state index contributed by atoms with van der Waals surface area (Å²) >= 11 is 0. The third kappa shape index (κ3) is 10.6. The van der Waals surface area contributed by atoms with Crippen LogP contribution in [0.4, 0.5) is 0 Å². The van der Waals surface area contributed by atoms with E-state index in [-0.39, 0.29) is 0 Å².